The highest BCUT2D eigenvalue weighted by Gasteiger charge is 2.15. The van der Waals surface area contributed by atoms with Crippen molar-refractivity contribution in [3.8, 4) is 5.75 Å². The Morgan fingerprint density at radius 1 is 1.22 bits per heavy atom. The maximum atomic E-state index is 12.2. The van der Waals surface area contributed by atoms with Crippen LogP contribution in [0.4, 0.5) is 5.69 Å². The minimum Gasteiger partial charge on any atom is -0.492 e. The number of benzene rings is 2. The molecule has 23 heavy (non-hydrogen) atoms. The Bertz CT molecular complexity index is 661. The van der Waals surface area contributed by atoms with Gasteiger partial charge in [0.2, 0.25) is 0 Å². The lowest BCUT2D eigenvalue weighted by atomic mass is 10.1. The first-order valence-corrected chi connectivity index (χ1v) is 8.09. The molecule has 2 aromatic rings. The van der Waals surface area contributed by atoms with Crippen molar-refractivity contribution in [1.82, 2.24) is 0 Å². The molecule has 4 nitrogen and oxygen atoms in total. The van der Waals surface area contributed by atoms with E-state index in [1.165, 1.54) is 0 Å². The van der Waals surface area contributed by atoms with Gasteiger partial charge in [0.1, 0.15) is 11.8 Å². The van der Waals surface area contributed by atoms with Crippen LogP contribution in [-0.2, 0) is 4.79 Å². The standard InChI is InChI=1S/C18H21ClN2O2/c1-3-23-17-11-7-6-10-16(17)21-18(22)12-20-13(2)14-8-4-5-9-15(14)19/h4-11,13,20H,3,12H2,1-2H3,(H,21,22)/p+1/t13-/m0/s1. The van der Waals surface area contributed by atoms with Crippen LogP contribution >= 0.6 is 11.6 Å². The van der Waals surface area contributed by atoms with Crippen LogP contribution in [0, 0.1) is 0 Å². The first-order valence-electron chi connectivity index (χ1n) is 7.71. The summed E-state index contributed by atoms with van der Waals surface area (Å²) in [6.07, 6.45) is 0. The number of halogens is 1. The van der Waals surface area contributed by atoms with Crippen LogP contribution in [0.2, 0.25) is 5.02 Å². The zero-order chi connectivity index (χ0) is 16.7. The molecule has 0 aliphatic rings. The molecule has 2 rings (SSSR count). The molecule has 0 aromatic heterocycles. The van der Waals surface area contributed by atoms with Gasteiger partial charge in [0.15, 0.2) is 6.54 Å². The number of para-hydroxylation sites is 2. The third-order valence-corrected chi connectivity index (χ3v) is 3.86. The van der Waals surface area contributed by atoms with Gasteiger partial charge in [0.25, 0.3) is 5.91 Å². The minimum atomic E-state index is -0.0731. The van der Waals surface area contributed by atoms with E-state index >= 15 is 0 Å². The van der Waals surface area contributed by atoms with Gasteiger partial charge in [-0.2, -0.15) is 0 Å². The quantitative estimate of drug-likeness (QED) is 0.818. The molecule has 2 aromatic carbocycles. The maximum absolute atomic E-state index is 12.2. The summed E-state index contributed by atoms with van der Waals surface area (Å²) in [7, 11) is 0. The predicted molar refractivity (Wildman–Crippen MR) is 92.9 cm³/mol. The number of rotatable bonds is 7. The molecule has 1 amide bonds. The van der Waals surface area contributed by atoms with Gasteiger partial charge in [0, 0.05) is 10.6 Å². The summed E-state index contributed by atoms with van der Waals surface area (Å²) in [4.78, 5) is 12.2. The SMILES string of the molecule is CCOc1ccccc1NC(=O)C[NH2+][C@@H](C)c1ccccc1Cl. The summed E-state index contributed by atoms with van der Waals surface area (Å²) in [5.74, 6) is 0.610. The molecular weight excluding hydrogens is 312 g/mol. The van der Waals surface area contributed by atoms with Crippen molar-refractivity contribution >= 4 is 23.2 Å². The van der Waals surface area contributed by atoms with Gasteiger partial charge in [-0.15, -0.1) is 0 Å². The van der Waals surface area contributed by atoms with Crippen molar-refractivity contribution in [2.75, 3.05) is 18.5 Å². The third-order valence-electron chi connectivity index (χ3n) is 3.51. The number of carbonyl (C=O) groups is 1. The number of hydrogen-bond acceptors (Lipinski definition) is 2. The fourth-order valence-corrected chi connectivity index (χ4v) is 2.62. The zero-order valence-corrected chi connectivity index (χ0v) is 14.1. The molecule has 0 aliphatic carbocycles. The second kappa shape index (κ2) is 8.56. The molecule has 3 N–H and O–H groups in total. The van der Waals surface area contributed by atoms with Gasteiger partial charge >= 0.3 is 0 Å². The first kappa shape index (κ1) is 17.3. The first-order chi connectivity index (χ1) is 11.1. The normalized spacial score (nSPS) is 11.8. The van der Waals surface area contributed by atoms with Crippen molar-refractivity contribution < 1.29 is 14.8 Å². The van der Waals surface area contributed by atoms with Gasteiger partial charge in [-0.25, -0.2) is 0 Å². The molecule has 0 heterocycles. The van der Waals surface area contributed by atoms with Gasteiger partial charge in [-0.3, -0.25) is 4.79 Å². The average Bonchev–Trinajstić information content (AvgIpc) is 2.55. The van der Waals surface area contributed by atoms with E-state index in [2.05, 4.69) is 5.32 Å². The van der Waals surface area contributed by atoms with Crippen LogP contribution in [0.5, 0.6) is 5.75 Å². The second-order valence-electron chi connectivity index (χ2n) is 5.23. The van der Waals surface area contributed by atoms with Crippen molar-refractivity contribution in [2.24, 2.45) is 0 Å². The second-order valence-corrected chi connectivity index (χ2v) is 5.63. The summed E-state index contributed by atoms with van der Waals surface area (Å²) in [5, 5.41) is 5.57. The molecule has 0 spiro atoms. The number of anilines is 1. The Kier molecular flexibility index (Phi) is 6.44. The van der Waals surface area contributed by atoms with Gasteiger partial charge in [-0.05, 0) is 32.0 Å². The van der Waals surface area contributed by atoms with Gasteiger partial charge < -0.3 is 15.4 Å². The topological polar surface area (TPSA) is 54.9 Å². The van der Waals surface area contributed by atoms with Crippen LogP contribution in [0.3, 0.4) is 0 Å². The number of ether oxygens (including phenoxy) is 1. The van der Waals surface area contributed by atoms with Gasteiger partial charge in [0.05, 0.1) is 12.3 Å². The lowest BCUT2D eigenvalue weighted by Crippen LogP contribution is -2.86. The summed E-state index contributed by atoms with van der Waals surface area (Å²) in [5.41, 5.74) is 1.72. The van der Waals surface area contributed by atoms with Crippen LogP contribution in [0.15, 0.2) is 48.5 Å². The van der Waals surface area contributed by atoms with E-state index in [1.807, 2.05) is 67.7 Å². The van der Waals surface area contributed by atoms with E-state index < -0.39 is 0 Å². The van der Waals surface area contributed by atoms with Crippen molar-refractivity contribution in [3.05, 3.63) is 59.1 Å². The van der Waals surface area contributed by atoms with E-state index in [0.29, 0.717) is 24.6 Å². The van der Waals surface area contributed by atoms with E-state index in [1.54, 1.807) is 0 Å². The Balaban J connectivity index is 1.92. The Morgan fingerprint density at radius 2 is 1.91 bits per heavy atom. The number of nitrogens with one attached hydrogen (secondary N) is 1. The maximum Gasteiger partial charge on any atom is 0.279 e. The number of hydrogen-bond donors (Lipinski definition) is 2. The van der Waals surface area contributed by atoms with Crippen LogP contribution in [0.1, 0.15) is 25.5 Å². The van der Waals surface area contributed by atoms with Crippen LogP contribution < -0.4 is 15.4 Å². The van der Waals surface area contributed by atoms with E-state index in [4.69, 9.17) is 16.3 Å². The van der Waals surface area contributed by atoms with Gasteiger partial charge in [-0.1, -0.05) is 41.9 Å². The van der Waals surface area contributed by atoms with E-state index in [-0.39, 0.29) is 11.9 Å². The van der Waals surface area contributed by atoms with Crippen molar-refractivity contribution in [3.63, 3.8) is 0 Å². The molecule has 0 bridgehead atoms. The van der Waals surface area contributed by atoms with Crippen molar-refractivity contribution in [2.45, 2.75) is 19.9 Å². The number of nitrogens with two attached hydrogens (primary N) is 1. The molecule has 122 valence electrons. The molecule has 0 unspecified atom stereocenters. The van der Waals surface area contributed by atoms with Crippen LogP contribution in [-0.4, -0.2) is 19.1 Å². The van der Waals surface area contributed by atoms with Crippen LogP contribution in [0.25, 0.3) is 0 Å². The Labute approximate surface area is 141 Å². The summed E-state index contributed by atoms with van der Waals surface area (Å²) in [6.45, 7) is 4.82. The number of amides is 1. The molecule has 0 saturated carbocycles. The highest BCUT2D eigenvalue weighted by molar-refractivity contribution is 6.31. The fourth-order valence-electron chi connectivity index (χ4n) is 2.31. The molecule has 5 heteroatoms. The molecular formula is C18H22ClN2O2+. The minimum absolute atomic E-state index is 0.0731. The lowest BCUT2D eigenvalue weighted by molar-refractivity contribution is -0.682. The molecule has 1 atom stereocenters. The number of carbonyl (C=O) groups excluding carboxylic acids is 1. The summed E-state index contributed by atoms with van der Waals surface area (Å²) >= 11 is 6.18. The average molecular weight is 334 g/mol. The lowest BCUT2D eigenvalue weighted by Gasteiger charge is -2.14. The number of quaternary nitrogens is 1. The smallest absolute Gasteiger partial charge is 0.279 e. The molecule has 0 fully saturated rings. The molecule has 0 radical (unpaired) electrons. The van der Waals surface area contributed by atoms with E-state index in [9.17, 15) is 4.79 Å². The Hall–Kier alpha value is -2.04. The fraction of sp³-hybridized carbons (Fsp3) is 0.278. The highest BCUT2D eigenvalue weighted by Crippen LogP contribution is 2.23. The molecule has 0 saturated heterocycles. The summed E-state index contributed by atoms with van der Waals surface area (Å²) in [6, 6.07) is 15.2. The predicted octanol–water partition coefficient (Wildman–Crippen LogP) is 3.00. The van der Waals surface area contributed by atoms with E-state index in [0.717, 1.165) is 10.6 Å². The highest BCUT2D eigenvalue weighted by atomic mass is 35.5. The monoisotopic (exact) mass is 333 g/mol. The van der Waals surface area contributed by atoms with Crippen molar-refractivity contribution in [1.29, 1.82) is 0 Å². The Morgan fingerprint density at radius 3 is 2.65 bits per heavy atom. The summed E-state index contributed by atoms with van der Waals surface area (Å²) < 4.78 is 5.51. The zero-order valence-electron chi connectivity index (χ0n) is 13.4. The third kappa shape index (κ3) is 4.98. The largest absolute Gasteiger partial charge is 0.492 e. The molecule has 0 aliphatic heterocycles.